The maximum Gasteiger partial charge on any atom is 0.254 e. The summed E-state index contributed by atoms with van der Waals surface area (Å²) in [5.41, 5.74) is 1.47. The number of anilines is 1. The van der Waals surface area contributed by atoms with E-state index in [2.05, 4.69) is 34.8 Å². The molecule has 2 atom stereocenters. The van der Waals surface area contributed by atoms with Crippen LogP contribution >= 0.6 is 23.2 Å². The zero-order chi connectivity index (χ0) is 21.5. The van der Waals surface area contributed by atoms with Gasteiger partial charge in [-0.05, 0) is 42.9 Å². The van der Waals surface area contributed by atoms with Crippen molar-refractivity contribution in [2.45, 2.75) is 58.0 Å². The minimum absolute atomic E-state index is 0.0409. The number of halogens is 3. The second-order valence-corrected chi connectivity index (χ2v) is 9.71. The van der Waals surface area contributed by atoms with Gasteiger partial charge in [0.05, 0.1) is 27.3 Å². The van der Waals surface area contributed by atoms with Crippen LogP contribution < -0.4 is 16.0 Å². The summed E-state index contributed by atoms with van der Waals surface area (Å²) in [6.45, 7) is 4.41. The first-order valence-corrected chi connectivity index (χ1v) is 10.9. The number of carbonyl (C=O) groups is 1. The molecule has 5 nitrogen and oxygen atoms in total. The number of guanidine groups is 1. The minimum atomic E-state index is -0.445. The van der Waals surface area contributed by atoms with Crippen molar-refractivity contribution in [2.24, 2.45) is 10.4 Å². The van der Waals surface area contributed by atoms with Crippen molar-refractivity contribution in [3.63, 3.8) is 0 Å². The maximum atomic E-state index is 14.7. The molecule has 0 bridgehead atoms. The second-order valence-electron chi connectivity index (χ2n) is 8.89. The highest BCUT2D eigenvalue weighted by Crippen LogP contribution is 2.36. The lowest BCUT2D eigenvalue weighted by Crippen LogP contribution is -2.41. The van der Waals surface area contributed by atoms with Crippen molar-refractivity contribution in [3.05, 3.63) is 51.4 Å². The molecule has 1 amide bonds. The zero-order valence-corrected chi connectivity index (χ0v) is 18.5. The van der Waals surface area contributed by atoms with Gasteiger partial charge in [-0.2, -0.15) is 0 Å². The van der Waals surface area contributed by atoms with Gasteiger partial charge in [-0.15, -0.1) is 0 Å². The molecule has 0 spiro atoms. The largest absolute Gasteiger partial charge is 0.349 e. The molecule has 2 unspecified atom stereocenters. The lowest BCUT2D eigenvalue weighted by atomic mass is 9.75. The smallest absolute Gasteiger partial charge is 0.254 e. The number of hydrogen-bond acceptors (Lipinski definition) is 4. The van der Waals surface area contributed by atoms with Crippen LogP contribution in [0.25, 0.3) is 0 Å². The van der Waals surface area contributed by atoms with E-state index in [4.69, 9.17) is 23.2 Å². The Hall–Kier alpha value is -2.05. The molecule has 1 fully saturated rings. The number of carbonyl (C=O) groups excluding carboxylic acids is 1. The molecule has 1 heterocycles. The number of hydrogen-bond donors (Lipinski definition) is 3. The lowest BCUT2D eigenvalue weighted by molar-refractivity contribution is -0.118. The number of benzene rings is 1. The molecule has 0 aromatic heterocycles. The summed E-state index contributed by atoms with van der Waals surface area (Å²) in [6, 6.07) is 4.85. The van der Waals surface area contributed by atoms with Crippen LogP contribution in [0.4, 0.5) is 10.1 Å². The summed E-state index contributed by atoms with van der Waals surface area (Å²) < 4.78 is 14.7. The van der Waals surface area contributed by atoms with Crippen LogP contribution in [0.15, 0.2) is 46.4 Å². The van der Waals surface area contributed by atoms with Crippen LogP contribution in [0.2, 0.25) is 10.0 Å². The molecule has 0 saturated heterocycles. The fourth-order valence-corrected chi connectivity index (χ4v) is 4.84. The van der Waals surface area contributed by atoms with E-state index >= 15 is 0 Å². The Morgan fingerprint density at radius 2 is 2.03 bits per heavy atom. The molecule has 3 N–H and O–H groups in total. The molecule has 1 aromatic carbocycles. The lowest BCUT2D eigenvalue weighted by Gasteiger charge is -2.35. The van der Waals surface area contributed by atoms with E-state index in [-0.39, 0.29) is 29.4 Å². The number of nitrogens with one attached hydrogen (secondary N) is 3. The van der Waals surface area contributed by atoms with Crippen molar-refractivity contribution < 1.29 is 9.18 Å². The first kappa shape index (κ1) is 21.2. The SMILES string of the molecule is CC1(C)CCCC(NC(=O)C2=C(F)CC3N=C(Nc4c(Cl)cccc4Cl)NC3=C2)C1. The number of amides is 1. The molecule has 160 valence electrons. The average Bonchev–Trinajstić information content (AvgIpc) is 3.04. The van der Waals surface area contributed by atoms with Crippen LogP contribution in [0.1, 0.15) is 46.0 Å². The highest BCUT2D eigenvalue weighted by Gasteiger charge is 2.34. The summed E-state index contributed by atoms with van der Waals surface area (Å²) in [5.74, 6) is -0.387. The summed E-state index contributed by atoms with van der Waals surface area (Å²) >= 11 is 12.4. The Bertz CT molecular complexity index is 950. The molecule has 2 aliphatic carbocycles. The minimum Gasteiger partial charge on any atom is -0.349 e. The van der Waals surface area contributed by atoms with E-state index in [1.54, 1.807) is 24.3 Å². The molecular formula is C22H25Cl2FN4O. The summed E-state index contributed by atoms with van der Waals surface area (Å²) in [7, 11) is 0. The Labute approximate surface area is 185 Å². The third kappa shape index (κ3) is 4.49. The summed E-state index contributed by atoms with van der Waals surface area (Å²) in [5, 5.41) is 10.1. The van der Waals surface area contributed by atoms with Crippen LogP contribution in [-0.2, 0) is 4.79 Å². The third-order valence-electron chi connectivity index (χ3n) is 5.86. The fraction of sp³-hybridized carbons (Fsp3) is 0.455. The number of nitrogens with zero attached hydrogens (tertiary/aromatic N) is 1. The van der Waals surface area contributed by atoms with Crippen LogP contribution in [-0.4, -0.2) is 24.0 Å². The number of rotatable bonds is 3. The van der Waals surface area contributed by atoms with Gasteiger partial charge in [0.15, 0.2) is 0 Å². The van der Waals surface area contributed by atoms with Crippen molar-refractivity contribution in [2.75, 3.05) is 5.32 Å². The van der Waals surface area contributed by atoms with Crippen molar-refractivity contribution in [1.29, 1.82) is 0 Å². The molecule has 1 aliphatic heterocycles. The van der Waals surface area contributed by atoms with E-state index in [1.165, 1.54) is 0 Å². The average molecular weight is 451 g/mol. The molecule has 1 saturated carbocycles. The number of fused-ring (bicyclic) bond motifs is 1. The van der Waals surface area contributed by atoms with E-state index in [9.17, 15) is 9.18 Å². The molecule has 4 rings (SSSR count). The summed E-state index contributed by atoms with van der Waals surface area (Å²) in [6.07, 6.45) is 5.64. The van der Waals surface area contributed by atoms with Crippen LogP contribution in [0.5, 0.6) is 0 Å². The number of aliphatic imine (C=N–C) groups is 1. The topological polar surface area (TPSA) is 65.5 Å². The van der Waals surface area contributed by atoms with Gasteiger partial charge in [0.1, 0.15) is 5.83 Å². The first-order chi connectivity index (χ1) is 14.2. The molecule has 30 heavy (non-hydrogen) atoms. The van der Waals surface area contributed by atoms with Crippen LogP contribution in [0, 0.1) is 5.41 Å². The normalized spacial score (nSPS) is 25.1. The predicted octanol–water partition coefficient (Wildman–Crippen LogP) is 5.33. The fourth-order valence-electron chi connectivity index (χ4n) is 4.35. The number of para-hydroxylation sites is 1. The van der Waals surface area contributed by atoms with Gasteiger partial charge < -0.3 is 16.0 Å². The molecule has 1 aromatic rings. The van der Waals surface area contributed by atoms with Gasteiger partial charge in [0.2, 0.25) is 5.96 Å². The van der Waals surface area contributed by atoms with E-state index in [0.29, 0.717) is 27.4 Å². The third-order valence-corrected chi connectivity index (χ3v) is 6.49. The Morgan fingerprint density at radius 3 is 2.73 bits per heavy atom. The summed E-state index contributed by atoms with van der Waals surface area (Å²) in [4.78, 5) is 17.2. The Morgan fingerprint density at radius 1 is 1.30 bits per heavy atom. The van der Waals surface area contributed by atoms with E-state index in [1.807, 2.05) is 0 Å². The van der Waals surface area contributed by atoms with E-state index < -0.39 is 11.9 Å². The molecule has 0 radical (unpaired) electrons. The molecule has 3 aliphatic rings. The van der Waals surface area contributed by atoms with Gasteiger partial charge >= 0.3 is 0 Å². The monoisotopic (exact) mass is 450 g/mol. The maximum absolute atomic E-state index is 14.7. The Kier molecular flexibility index (Phi) is 5.82. The quantitative estimate of drug-likeness (QED) is 0.582. The molecular weight excluding hydrogens is 426 g/mol. The van der Waals surface area contributed by atoms with Crippen molar-refractivity contribution >= 4 is 40.8 Å². The Balaban J connectivity index is 1.44. The van der Waals surface area contributed by atoms with Crippen molar-refractivity contribution in [3.8, 4) is 0 Å². The van der Waals surface area contributed by atoms with Crippen molar-refractivity contribution in [1.82, 2.24) is 10.6 Å². The first-order valence-electron chi connectivity index (χ1n) is 10.2. The van der Waals surface area contributed by atoms with Gasteiger partial charge in [0, 0.05) is 18.2 Å². The van der Waals surface area contributed by atoms with Gasteiger partial charge in [-0.3, -0.25) is 4.79 Å². The highest BCUT2D eigenvalue weighted by molar-refractivity contribution is 6.39. The predicted molar refractivity (Wildman–Crippen MR) is 119 cm³/mol. The van der Waals surface area contributed by atoms with Gasteiger partial charge in [-0.1, -0.05) is 49.5 Å². The highest BCUT2D eigenvalue weighted by atomic mass is 35.5. The zero-order valence-electron chi connectivity index (χ0n) is 17.0. The standard InChI is InChI=1S/C22H25Cl2FN4O/c1-22(2)8-4-5-12(11-22)26-20(30)13-9-17-18(10-16(13)25)28-21(27-17)29-19-14(23)6-3-7-15(19)24/h3,6-7,9,12,18H,4-5,8,10-11H2,1-2H3,(H,26,30)(H2,27,28,29). The molecule has 8 heteroatoms. The van der Waals surface area contributed by atoms with Gasteiger partial charge in [0.25, 0.3) is 5.91 Å². The second kappa shape index (κ2) is 8.23. The van der Waals surface area contributed by atoms with E-state index in [0.717, 1.165) is 25.7 Å². The van der Waals surface area contributed by atoms with Gasteiger partial charge in [-0.25, -0.2) is 9.38 Å². The van der Waals surface area contributed by atoms with Crippen LogP contribution in [0.3, 0.4) is 0 Å².